The fraction of sp³-hybridized carbons (Fsp3) is 0.583. The highest BCUT2D eigenvalue weighted by Gasteiger charge is 2.36. The lowest BCUT2D eigenvalue weighted by molar-refractivity contribution is 0.331. The van der Waals surface area contributed by atoms with Crippen LogP contribution in [0, 0.1) is 0 Å². The van der Waals surface area contributed by atoms with Crippen LogP contribution in [0.25, 0.3) is 10.4 Å². The van der Waals surface area contributed by atoms with Gasteiger partial charge >= 0.3 is 0 Å². The molecule has 0 N–H and O–H groups in total. The molecule has 1 aromatic rings. The van der Waals surface area contributed by atoms with E-state index in [9.17, 15) is 0 Å². The van der Waals surface area contributed by atoms with Crippen LogP contribution in [-0.4, -0.2) is 4.98 Å². The zero-order chi connectivity index (χ0) is 12.3. The molecule has 0 saturated heterocycles. The molecule has 1 heterocycles. The van der Waals surface area contributed by atoms with E-state index in [0.29, 0.717) is 5.15 Å². The topological polar surface area (TPSA) is 61.7 Å². The summed E-state index contributed by atoms with van der Waals surface area (Å²) in [6.45, 7) is 2.09. The summed E-state index contributed by atoms with van der Waals surface area (Å²) < 4.78 is 0. The van der Waals surface area contributed by atoms with Gasteiger partial charge in [-0.2, -0.15) is 0 Å². The highest BCUT2D eigenvalue weighted by atomic mass is 35.5. The first-order valence-electron chi connectivity index (χ1n) is 5.94. The maximum Gasteiger partial charge on any atom is 0.129 e. The lowest BCUT2D eigenvalue weighted by Crippen LogP contribution is -2.29. The summed E-state index contributed by atoms with van der Waals surface area (Å²) in [4.78, 5) is 7.43. The van der Waals surface area contributed by atoms with E-state index < -0.39 is 5.54 Å². The molecule has 0 spiro atoms. The second-order valence-electron chi connectivity index (χ2n) is 4.47. The van der Waals surface area contributed by atoms with Crippen molar-refractivity contribution in [3.63, 3.8) is 0 Å². The summed E-state index contributed by atoms with van der Waals surface area (Å²) in [6.07, 6.45) is 4.69. The average molecular weight is 251 g/mol. The third-order valence-electron chi connectivity index (χ3n) is 3.32. The van der Waals surface area contributed by atoms with Crippen LogP contribution in [0.1, 0.15) is 43.9 Å². The molecule has 1 unspecified atom stereocenters. The van der Waals surface area contributed by atoms with Crippen LogP contribution >= 0.6 is 11.6 Å². The van der Waals surface area contributed by atoms with Gasteiger partial charge in [-0.05, 0) is 42.8 Å². The van der Waals surface area contributed by atoms with Gasteiger partial charge in [-0.25, -0.2) is 4.98 Å². The summed E-state index contributed by atoms with van der Waals surface area (Å²) in [6, 6.07) is 3.81. The van der Waals surface area contributed by atoms with E-state index in [2.05, 4.69) is 21.9 Å². The van der Waals surface area contributed by atoms with Crippen molar-refractivity contribution >= 4 is 11.6 Å². The number of rotatable bonds is 3. The Balaban J connectivity index is 2.56. The predicted molar refractivity (Wildman–Crippen MR) is 67.9 cm³/mol. The first-order valence-corrected chi connectivity index (χ1v) is 6.32. The zero-order valence-electron chi connectivity index (χ0n) is 9.86. The SMILES string of the molecule is CCCC1(N=[N+]=[N-])CCCc2ccc(Cl)nc21. The first kappa shape index (κ1) is 12.2. The summed E-state index contributed by atoms with van der Waals surface area (Å²) >= 11 is 5.96. The van der Waals surface area contributed by atoms with Crippen molar-refractivity contribution in [1.82, 2.24) is 4.98 Å². The van der Waals surface area contributed by atoms with Gasteiger partial charge in [-0.15, -0.1) is 0 Å². The molecule has 1 aliphatic carbocycles. The monoisotopic (exact) mass is 250 g/mol. The standard InChI is InChI=1S/C12H15ClN4/c1-2-7-12(16-17-14)8-3-4-9-5-6-10(13)15-11(9)12/h5-6H,2-4,7-8H2,1H3. The number of azide groups is 1. The van der Waals surface area contributed by atoms with Crippen molar-refractivity contribution in [2.24, 2.45) is 5.11 Å². The Kier molecular flexibility index (Phi) is 3.55. The van der Waals surface area contributed by atoms with Crippen molar-refractivity contribution in [1.29, 1.82) is 0 Å². The minimum atomic E-state index is -0.484. The molecule has 0 bridgehead atoms. The molecular formula is C12H15ClN4. The maximum atomic E-state index is 8.80. The third-order valence-corrected chi connectivity index (χ3v) is 3.53. The second-order valence-corrected chi connectivity index (χ2v) is 4.85. The van der Waals surface area contributed by atoms with Gasteiger partial charge in [0.1, 0.15) is 5.15 Å². The molecule has 0 saturated carbocycles. The molecule has 2 rings (SSSR count). The lowest BCUT2D eigenvalue weighted by atomic mass is 9.78. The van der Waals surface area contributed by atoms with Gasteiger partial charge in [0.15, 0.2) is 0 Å². The van der Waals surface area contributed by atoms with E-state index in [1.54, 1.807) is 6.07 Å². The molecule has 0 aliphatic heterocycles. The van der Waals surface area contributed by atoms with Crippen LogP contribution in [0.4, 0.5) is 0 Å². The van der Waals surface area contributed by atoms with Crippen molar-refractivity contribution in [2.45, 2.75) is 44.6 Å². The van der Waals surface area contributed by atoms with E-state index in [1.807, 2.05) is 6.07 Å². The van der Waals surface area contributed by atoms with Crippen LogP contribution in [-0.2, 0) is 12.0 Å². The van der Waals surface area contributed by atoms with E-state index in [1.165, 1.54) is 5.56 Å². The highest BCUT2D eigenvalue weighted by molar-refractivity contribution is 6.29. The smallest absolute Gasteiger partial charge is 0.129 e. The number of nitrogens with zero attached hydrogens (tertiary/aromatic N) is 4. The molecule has 90 valence electrons. The molecule has 0 aromatic carbocycles. The number of aromatic nitrogens is 1. The minimum absolute atomic E-state index is 0.472. The molecule has 1 aromatic heterocycles. The van der Waals surface area contributed by atoms with Crippen LogP contribution in [0.15, 0.2) is 17.2 Å². The lowest BCUT2D eigenvalue weighted by Gasteiger charge is -2.33. The number of pyridine rings is 1. The molecule has 0 amide bonds. The molecule has 0 radical (unpaired) electrons. The van der Waals surface area contributed by atoms with Crippen LogP contribution < -0.4 is 0 Å². The van der Waals surface area contributed by atoms with Gasteiger partial charge < -0.3 is 0 Å². The molecule has 1 aliphatic rings. The summed E-state index contributed by atoms with van der Waals surface area (Å²) in [7, 11) is 0. The largest absolute Gasteiger partial charge is 0.240 e. The average Bonchev–Trinajstić information content (AvgIpc) is 2.31. The van der Waals surface area contributed by atoms with Gasteiger partial charge in [0.25, 0.3) is 0 Å². The third kappa shape index (κ3) is 2.24. The predicted octanol–water partition coefficient (Wildman–Crippen LogP) is 4.38. The Morgan fingerprint density at radius 1 is 1.59 bits per heavy atom. The van der Waals surface area contributed by atoms with Crippen molar-refractivity contribution in [2.75, 3.05) is 0 Å². The zero-order valence-corrected chi connectivity index (χ0v) is 10.6. The molecule has 17 heavy (non-hydrogen) atoms. The van der Waals surface area contributed by atoms with Crippen LogP contribution in [0.5, 0.6) is 0 Å². The van der Waals surface area contributed by atoms with E-state index in [-0.39, 0.29) is 0 Å². The molecule has 1 atom stereocenters. The number of hydrogen-bond acceptors (Lipinski definition) is 2. The first-order chi connectivity index (χ1) is 8.22. The van der Waals surface area contributed by atoms with Crippen molar-refractivity contribution < 1.29 is 0 Å². The Bertz CT molecular complexity index is 468. The van der Waals surface area contributed by atoms with Crippen LogP contribution in [0.3, 0.4) is 0 Å². The van der Waals surface area contributed by atoms with Gasteiger partial charge in [0.2, 0.25) is 0 Å². The second kappa shape index (κ2) is 4.94. The van der Waals surface area contributed by atoms with Gasteiger partial charge in [0, 0.05) is 4.91 Å². The Labute approximate surface area is 106 Å². The quantitative estimate of drug-likeness (QED) is 0.340. The molecule has 0 fully saturated rings. The molecular weight excluding hydrogens is 236 g/mol. The van der Waals surface area contributed by atoms with Gasteiger partial charge in [-0.3, -0.25) is 0 Å². The normalized spacial score (nSPS) is 22.7. The number of aryl methyl sites for hydroxylation is 1. The Hall–Kier alpha value is -1.25. The highest BCUT2D eigenvalue weighted by Crippen LogP contribution is 2.41. The van der Waals surface area contributed by atoms with Crippen molar-refractivity contribution in [3.8, 4) is 0 Å². The molecule has 5 heteroatoms. The van der Waals surface area contributed by atoms with E-state index in [0.717, 1.165) is 37.8 Å². The summed E-state index contributed by atoms with van der Waals surface area (Å²) in [5.41, 5.74) is 10.4. The fourth-order valence-electron chi connectivity index (χ4n) is 2.65. The fourth-order valence-corrected chi connectivity index (χ4v) is 2.80. The Morgan fingerprint density at radius 2 is 2.41 bits per heavy atom. The summed E-state index contributed by atoms with van der Waals surface area (Å²) in [5, 5.41) is 4.52. The van der Waals surface area contributed by atoms with Crippen molar-refractivity contribution in [3.05, 3.63) is 39.0 Å². The maximum absolute atomic E-state index is 8.80. The minimum Gasteiger partial charge on any atom is -0.240 e. The van der Waals surface area contributed by atoms with E-state index >= 15 is 0 Å². The van der Waals surface area contributed by atoms with Gasteiger partial charge in [0.05, 0.1) is 11.2 Å². The molecule has 4 nitrogen and oxygen atoms in total. The number of fused-ring (bicyclic) bond motifs is 1. The number of hydrogen-bond donors (Lipinski definition) is 0. The van der Waals surface area contributed by atoms with E-state index in [4.69, 9.17) is 17.1 Å². The Morgan fingerprint density at radius 3 is 3.12 bits per heavy atom. The van der Waals surface area contributed by atoms with Gasteiger partial charge in [-0.1, -0.05) is 36.1 Å². The van der Waals surface area contributed by atoms with Crippen LogP contribution in [0.2, 0.25) is 5.15 Å². The number of halogens is 1. The summed E-state index contributed by atoms with van der Waals surface area (Å²) in [5.74, 6) is 0.